The van der Waals surface area contributed by atoms with Crippen LogP contribution in [0.1, 0.15) is 71.3 Å². The van der Waals surface area contributed by atoms with Crippen LogP contribution >= 0.6 is 0 Å². The van der Waals surface area contributed by atoms with Gasteiger partial charge in [0.1, 0.15) is 11.7 Å². The summed E-state index contributed by atoms with van der Waals surface area (Å²) < 4.78 is 11.8. The fraction of sp³-hybridized carbons (Fsp3) is 0.400. The van der Waals surface area contributed by atoms with Gasteiger partial charge in [0, 0.05) is 6.54 Å². The highest BCUT2D eigenvalue weighted by Gasteiger charge is 2.30. The van der Waals surface area contributed by atoms with Crippen molar-refractivity contribution in [2.24, 2.45) is 0 Å². The third-order valence-electron chi connectivity index (χ3n) is 5.51. The maximum Gasteiger partial charge on any atom is 0.407 e. The largest absolute Gasteiger partial charge is 0.444 e. The van der Waals surface area contributed by atoms with Gasteiger partial charge in [0.25, 0.3) is 0 Å². The normalized spacial score (nSPS) is 12.9. The van der Waals surface area contributed by atoms with E-state index < -0.39 is 23.4 Å². The number of alkyl carbamates (subject to hydrolysis) is 1. The fourth-order valence-electron chi connectivity index (χ4n) is 4.23. The van der Waals surface area contributed by atoms with Gasteiger partial charge in [0.2, 0.25) is 0 Å². The van der Waals surface area contributed by atoms with Gasteiger partial charge < -0.3 is 14.8 Å². The van der Waals surface area contributed by atoms with Crippen molar-refractivity contribution in [1.29, 1.82) is 0 Å². The van der Waals surface area contributed by atoms with Gasteiger partial charge in [-0.1, -0.05) is 54.6 Å². The molecule has 1 atom stereocenters. The van der Waals surface area contributed by atoms with Crippen LogP contribution in [-0.4, -0.2) is 23.1 Å². The zero-order valence-electron chi connectivity index (χ0n) is 22.1. The minimum atomic E-state index is -0.721. The number of carbonyl (C=O) groups excluding carboxylic acids is 2. The van der Waals surface area contributed by atoms with Crippen LogP contribution in [0.2, 0.25) is 0 Å². The van der Waals surface area contributed by atoms with Crippen LogP contribution in [0.15, 0.2) is 54.6 Å². The number of hydrogen-bond acceptors (Lipinski definition) is 4. The molecule has 0 aromatic heterocycles. The molecule has 3 rings (SSSR count). The summed E-state index contributed by atoms with van der Waals surface area (Å²) in [6.45, 7) is 15.3. The van der Waals surface area contributed by atoms with Crippen molar-refractivity contribution in [3.8, 4) is 11.1 Å². The van der Waals surface area contributed by atoms with E-state index in [1.165, 1.54) is 0 Å². The molecule has 0 aliphatic carbocycles. The lowest BCUT2D eigenvalue weighted by Crippen LogP contribution is -2.32. The second-order valence-corrected chi connectivity index (χ2v) is 10.9. The number of rotatable bonds is 6. The lowest BCUT2D eigenvalue weighted by atomic mass is 9.84. The monoisotopic (exact) mass is 475 g/mol. The fourth-order valence-corrected chi connectivity index (χ4v) is 4.23. The first-order valence-electron chi connectivity index (χ1n) is 12.0. The third-order valence-corrected chi connectivity index (χ3v) is 5.51. The van der Waals surface area contributed by atoms with Crippen molar-refractivity contribution in [3.05, 3.63) is 71.3 Å². The maximum atomic E-state index is 12.9. The van der Waals surface area contributed by atoms with Crippen LogP contribution in [-0.2, 0) is 20.8 Å². The standard InChI is InChI=1S/C30H37NO4/c1-19-17-21-13-9-11-15-23(21)26(25(19)27(20(2)32)34-29(3,4)5)24-16-12-10-14-22(24)18-31-28(33)35-30(6,7)8/h9-17,27H,18H2,1-8H3,(H,31,33)/t27-/m1/s1. The van der Waals surface area contributed by atoms with Crippen LogP contribution < -0.4 is 5.32 Å². The molecule has 0 bridgehead atoms. The molecular formula is C30H37NO4. The molecule has 5 heteroatoms. The Morgan fingerprint density at radius 3 is 2.17 bits per heavy atom. The van der Waals surface area contributed by atoms with E-state index in [0.29, 0.717) is 0 Å². The smallest absolute Gasteiger partial charge is 0.407 e. The molecule has 1 N–H and O–H groups in total. The molecule has 35 heavy (non-hydrogen) atoms. The Bertz CT molecular complexity index is 1230. The van der Waals surface area contributed by atoms with Gasteiger partial charge in [0.15, 0.2) is 5.78 Å². The van der Waals surface area contributed by atoms with Gasteiger partial charge in [-0.3, -0.25) is 4.79 Å². The molecule has 3 aromatic carbocycles. The number of benzene rings is 3. The van der Waals surface area contributed by atoms with E-state index in [-0.39, 0.29) is 12.3 Å². The number of ketones is 1. The lowest BCUT2D eigenvalue weighted by Gasteiger charge is -2.30. The average molecular weight is 476 g/mol. The summed E-state index contributed by atoms with van der Waals surface area (Å²) in [5, 5.41) is 4.99. The molecule has 1 amide bonds. The third kappa shape index (κ3) is 6.70. The Balaban J connectivity index is 2.21. The van der Waals surface area contributed by atoms with Gasteiger partial charge in [-0.05, 0) is 94.0 Å². The zero-order chi connectivity index (χ0) is 26.0. The Labute approximate surface area is 208 Å². The zero-order valence-corrected chi connectivity index (χ0v) is 22.1. The average Bonchev–Trinajstić information content (AvgIpc) is 2.73. The first-order valence-corrected chi connectivity index (χ1v) is 12.0. The predicted molar refractivity (Wildman–Crippen MR) is 141 cm³/mol. The molecule has 0 aliphatic heterocycles. The minimum Gasteiger partial charge on any atom is -0.444 e. The Morgan fingerprint density at radius 1 is 0.914 bits per heavy atom. The van der Waals surface area contributed by atoms with E-state index in [4.69, 9.17) is 9.47 Å². The quantitative estimate of drug-likeness (QED) is 0.407. The van der Waals surface area contributed by atoms with Crippen LogP contribution in [0, 0.1) is 6.92 Å². The van der Waals surface area contributed by atoms with Crippen molar-refractivity contribution in [2.75, 3.05) is 0 Å². The number of amides is 1. The number of fused-ring (bicyclic) bond motifs is 1. The van der Waals surface area contributed by atoms with E-state index >= 15 is 0 Å². The molecule has 0 saturated heterocycles. The van der Waals surface area contributed by atoms with E-state index in [9.17, 15) is 9.59 Å². The van der Waals surface area contributed by atoms with E-state index in [1.807, 2.05) is 84.9 Å². The Morgan fingerprint density at radius 2 is 1.54 bits per heavy atom. The number of carbonyl (C=O) groups is 2. The molecule has 0 unspecified atom stereocenters. The number of Topliss-reactive ketones (excluding diaryl/α,β-unsaturated/α-hetero) is 1. The van der Waals surface area contributed by atoms with Gasteiger partial charge in [0.05, 0.1) is 5.60 Å². The highest BCUT2D eigenvalue weighted by Crippen LogP contribution is 2.41. The number of nitrogens with one attached hydrogen (secondary N) is 1. The van der Waals surface area contributed by atoms with Crippen LogP contribution in [0.3, 0.4) is 0 Å². The Kier molecular flexibility index (Phi) is 7.71. The summed E-state index contributed by atoms with van der Waals surface area (Å²) in [6, 6.07) is 18.2. The van der Waals surface area contributed by atoms with Crippen molar-refractivity contribution >= 4 is 22.6 Å². The minimum absolute atomic E-state index is 0.0519. The van der Waals surface area contributed by atoms with Gasteiger partial charge in [-0.2, -0.15) is 0 Å². The summed E-state index contributed by atoms with van der Waals surface area (Å²) in [6.07, 6.45) is -1.19. The van der Waals surface area contributed by atoms with Gasteiger partial charge >= 0.3 is 6.09 Å². The molecule has 186 valence electrons. The topological polar surface area (TPSA) is 64.6 Å². The van der Waals surface area contributed by atoms with Crippen molar-refractivity contribution in [2.45, 2.75) is 79.2 Å². The maximum absolute atomic E-state index is 12.9. The van der Waals surface area contributed by atoms with Crippen LogP contribution in [0.25, 0.3) is 21.9 Å². The van der Waals surface area contributed by atoms with Crippen LogP contribution in [0.5, 0.6) is 0 Å². The molecule has 0 radical (unpaired) electrons. The summed E-state index contributed by atoms with van der Waals surface area (Å²) in [5.41, 5.74) is 3.57. The predicted octanol–water partition coefficient (Wildman–Crippen LogP) is 7.29. The molecule has 0 spiro atoms. The first-order chi connectivity index (χ1) is 16.3. The van der Waals surface area contributed by atoms with Crippen molar-refractivity contribution in [1.82, 2.24) is 5.32 Å². The highest BCUT2D eigenvalue weighted by molar-refractivity contribution is 6.02. The number of aryl methyl sites for hydroxylation is 1. The second-order valence-electron chi connectivity index (χ2n) is 10.9. The molecule has 0 fully saturated rings. The second kappa shape index (κ2) is 10.2. The number of ether oxygens (including phenoxy) is 2. The highest BCUT2D eigenvalue weighted by atomic mass is 16.6. The molecule has 0 heterocycles. The van der Waals surface area contributed by atoms with Gasteiger partial charge in [-0.25, -0.2) is 4.79 Å². The summed E-state index contributed by atoms with van der Waals surface area (Å²) in [4.78, 5) is 25.3. The lowest BCUT2D eigenvalue weighted by molar-refractivity contribution is -0.138. The van der Waals surface area contributed by atoms with E-state index in [2.05, 4.69) is 23.5 Å². The van der Waals surface area contributed by atoms with Crippen LogP contribution in [0.4, 0.5) is 4.79 Å². The molecule has 0 saturated carbocycles. The summed E-state index contributed by atoms with van der Waals surface area (Å²) >= 11 is 0. The Hall–Kier alpha value is -3.18. The first kappa shape index (κ1) is 26.4. The van der Waals surface area contributed by atoms with Gasteiger partial charge in [-0.15, -0.1) is 0 Å². The SMILES string of the molecule is CC(=O)[C@@H](OC(C)(C)C)c1c(C)cc2ccccc2c1-c1ccccc1CNC(=O)OC(C)(C)C. The summed E-state index contributed by atoms with van der Waals surface area (Å²) in [5.74, 6) is -0.0519. The molecular weight excluding hydrogens is 438 g/mol. The number of hydrogen-bond donors (Lipinski definition) is 1. The molecule has 5 nitrogen and oxygen atoms in total. The van der Waals surface area contributed by atoms with Crippen molar-refractivity contribution in [3.63, 3.8) is 0 Å². The molecule has 3 aromatic rings. The molecule has 0 aliphatic rings. The van der Waals surface area contributed by atoms with E-state index in [1.54, 1.807) is 6.92 Å². The van der Waals surface area contributed by atoms with E-state index in [0.717, 1.165) is 38.6 Å². The van der Waals surface area contributed by atoms with Crippen molar-refractivity contribution < 1.29 is 19.1 Å². The summed E-state index contributed by atoms with van der Waals surface area (Å²) in [7, 11) is 0.